The molecule has 1 atom stereocenters. The Kier molecular flexibility index (Phi) is 5.40. The van der Waals surface area contributed by atoms with E-state index in [0.29, 0.717) is 0 Å². The number of alkyl halides is 1. The molecular weight excluding hydrogens is 427 g/mol. The van der Waals surface area contributed by atoms with E-state index in [1.54, 1.807) is 25.6 Å². The van der Waals surface area contributed by atoms with Crippen molar-refractivity contribution in [1.82, 2.24) is 0 Å². The smallest absolute Gasteiger partial charge is 0.133 e. The second-order valence-corrected chi connectivity index (χ2v) is 7.89. The molecule has 20 heavy (non-hydrogen) atoms. The van der Waals surface area contributed by atoms with Crippen LogP contribution in [0.4, 0.5) is 0 Å². The van der Waals surface area contributed by atoms with Gasteiger partial charge in [-0.05, 0) is 62.5 Å². The van der Waals surface area contributed by atoms with Gasteiger partial charge in [0.05, 0.1) is 27.9 Å². The van der Waals surface area contributed by atoms with E-state index < -0.39 is 0 Å². The lowest BCUT2D eigenvalue weighted by molar-refractivity contribution is 0.397. The minimum atomic E-state index is -0.276. The highest BCUT2D eigenvalue weighted by Crippen LogP contribution is 2.44. The first-order valence-electron chi connectivity index (χ1n) is 5.79. The van der Waals surface area contributed by atoms with Gasteiger partial charge in [-0.1, -0.05) is 0 Å². The van der Waals surface area contributed by atoms with Crippen LogP contribution in [0.2, 0.25) is 0 Å². The number of benzene rings is 1. The predicted molar refractivity (Wildman–Crippen MR) is 91.7 cm³/mol. The second kappa shape index (κ2) is 6.69. The topological polar surface area (TPSA) is 18.5 Å². The van der Waals surface area contributed by atoms with Crippen molar-refractivity contribution >= 4 is 54.8 Å². The molecule has 0 spiro atoms. The number of methoxy groups -OCH3 is 2. The Morgan fingerprint density at radius 1 is 1.10 bits per heavy atom. The van der Waals surface area contributed by atoms with Gasteiger partial charge in [0.2, 0.25) is 0 Å². The zero-order valence-electron chi connectivity index (χ0n) is 11.2. The van der Waals surface area contributed by atoms with Gasteiger partial charge in [-0.3, -0.25) is 0 Å². The molecule has 2 nitrogen and oxygen atoms in total. The largest absolute Gasteiger partial charge is 0.496 e. The molecule has 0 radical (unpaired) electrons. The Bertz CT molecular complexity index is 608. The highest BCUT2D eigenvalue weighted by molar-refractivity contribution is 9.11. The molecule has 1 aromatic carbocycles. The third-order valence-corrected chi connectivity index (χ3v) is 6.32. The maximum Gasteiger partial charge on any atom is 0.133 e. The zero-order valence-corrected chi connectivity index (χ0v) is 15.9. The summed E-state index contributed by atoms with van der Waals surface area (Å²) in [6.45, 7) is 2.05. The molecule has 108 valence electrons. The number of hydrogen-bond acceptors (Lipinski definition) is 3. The molecule has 2 rings (SSSR count). The Morgan fingerprint density at radius 3 is 2.25 bits per heavy atom. The van der Waals surface area contributed by atoms with Crippen molar-refractivity contribution in [2.24, 2.45) is 0 Å². The Labute approximate surface area is 144 Å². The van der Waals surface area contributed by atoms with E-state index in [1.807, 2.05) is 19.1 Å². The first-order chi connectivity index (χ1) is 9.47. The molecule has 0 aliphatic heterocycles. The summed E-state index contributed by atoms with van der Waals surface area (Å²) in [4.78, 5) is 1.07. The average Bonchev–Trinajstić information content (AvgIpc) is 2.77. The van der Waals surface area contributed by atoms with E-state index >= 15 is 0 Å². The van der Waals surface area contributed by atoms with Crippen molar-refractivity contribution in [3.05, 3.63) is 42.5 Å². The summed E-state index contributed by atoms with van der Waals surface area (Å²) < 4.78 is 12.7. The molecule has 1 unspecified atom stereocenters. The van der Waals surface area contributed by atoms with E-state index in [-0.39, 0.29) is 5.38 Å². The number of halogens is 3. The summed E-state index contributed by atoms with van der Waals surface area (Å²) in [6, 6.07) is 5.86. The molecule has 2 aromatic rings. The average molecular weight is 441 g/mol. The molecule has 0 aliphatic carbocycles. The van der Waals surface area contributed by atoms with Crippen molar-refractivity contribution in [3.63, 3.8) is 0 Å². The van der Waals surface area contributed by atoms with E-state index in [9.17, 15) is 0 Å². The molecule has 6 heteroatoms. The minimum absolute atomic E-state index is 0.276. The molecule has 0 saturated carbocycles. The lowest BCUT2D eigenvalue weighted by atomic mass is 10.1. The molecule has 0 amide bonds. The second-order valence-electron chi connectivity index (χ2n) is 4.20. The van der Waals surface area contributed by atoms with Crippen molar-refractivity contribution in [2.75, 3.05) is 14.2 Å². The number of rotatable bonds is 4. The summed E-state index contributed by atoms with van der Waals surface area (Å²) >= 11 is 15.2. The number of thiophene rings is 1. The Balaban J connectivity index is 2.49. The van der Waals surface area contributed by atoms with Crippen LogP contribution in [0.5, 0.6) is 11.5 Å². The van der Waals surface area contributed by atoms with Crippen LogP contribution in [-0.4, -0.2) is 14.2 Å². The number of hydrogen-bond donors (Lipinski definition) is 0. The maximum absolute atomic E-state index is 6.62. The third kappa shape index (κ3) is 3.16. The van der Waals surface area contributed by atoms with E-state index in [1.165, 1.54) is 5.56 Å². The summed E-state index contributed by atoms with van der Waals surface area (Å²) in [5.41, 5.74) is 2.07. The van der Waals surface area contributed by atoms with Gasteiger partial charge >= 0.3 is 0 Å². The van der Waals surface area contributed by atoms with Gasteiger partial charge in [0, 0.05) is 10.4 Å². The molecule has 0 N–H and O–H groups in total. The molecule has 0 fully saturated rings. The van der Waals surface area contributed by atoms with Crippen molar-refractivity contribution < 1.29 is 9.47 Å². The molecule has 0 aliphatic rings. The van der Waals surface area contributed by atoms with Crippen LogP contribution in [0, 0.1) is 6.92 Å². The molecular formula is C14H13Br2ClO2S. The van der Waals surface area contributed by atoms with Crippen molar-refractivity contribution in [2.45, 2.75) is 12.3 Å². The van der Waals surface area contributed by atoms with Gasteiger partial charge in [-0.2, -0.15) is 0 Å². The number of ether oxygens (including phenoxy) is 2. The summed E-state index contributed by atoms with van der Waals surface area (Å²) in [6.07, 6.45) is 0. The highest BCUT2D eigenvalue weighted by Gasteiger charge is 2.21. The van der Waals surface area contributed by atoms with Gasteiger partial charge in [0.15, 0.2) is 0 Å². The monoisotopic (exact) mass is 438 g/mol. The molecule has 0 saturated heterocycles. The van der Waals surface area contributed by atoms with Crippen LogP contribution in [0.15, 0.2) is 26.5 Å². The summed E-state index contributed by atoms with van der Waals surface area (Å²) in [7, 11) is 3.27. The van der Waals surface area contributed by atoms with E-state index in [4.69, 9.17) is 21.1 Å². The highest BCUT2D eigenvalue weighted by atomic mass is 79.9. The lowest BCUT2D eigenvalue weighted by Gasteiger charge is -2.15. The van der Waals surface area contributed by atoms with E-state index in [0.717, 1.165) is 30.2 Å². The normalized spacial score (nSPS) is 12.3. The van der Waals surface area contributed by atoms with Crippen LogP contribution in [0.1, 0.15) is 21.4 Å². The van der Waals surface area contributed by atoms with Crippen LogP contribution in [-0.2, 0) is 0 Å². The van der Waals surface area contributed by atoms with Crippen LogP contribution in [0.25, 0.3) is 0 Å². The summed E-state index contributed by atoms with van der Waals surface area (Å²) in [5, 5.41) is -0.276. The van der Waals surface area contributed by atoms with Gasteiger partial charge < -0.3 is 9.47 Å². The minimum Gasteiger partial charge on any atom is -0.496 e. The van der Waals surface area contributed by atoms with Gasteiger partial charge in [0.25, 0.3) is 0 Å². The Morgan fingerprint density at radius 2 is 1.75 bits per heavy atom. The van der Waals surface area contributed by atoms with Gasteiger partial charge in [-0.15, -0.1) is 22.9 Å². The maximum atomic E-state index is 6.62. The van der Waals surface area contributed by atoms with Crippen LogP contribution in [0.3, 0.4) is 0 Å². The molecule has 1 aromatic heterocycles. The third-order valence-electron chi connectivity index (χ3n) is 2.90. The first-order valence-corrected chi connectivity index (χ1v) is 8.63. The fraction of sp³-hybridized carbons (Fsp3) is 0.286. The quantitative estimate of drug-likeness (QED) is 0.549. The zero-order chi connectivity index (χ0) is 14.9. The fourth-order valence-electron chi connectivity index (χ4n) is 1.84. The Hall–Kier alpha value is -0.230. The number of aryl methyl sites for hydroxylation is 1. The van der Waals surface area contributed by atoms with Crippen LogP contribution >= 0.6 is 54.8 Å². The van der Waals surface area contributed by atoms with Crippen molar-refractivity contribution in [1.29, 1.82) is 0 Å². The first kappa shape index (κ1) is 16.1. The van der Waals surface area contributed by atoms with Gasteiger partial charge in [0.1, 0.15) is 11.5 Å². The van der Waals surface area contributed by atoms with E-state index in [2.05, 4.69) is 37.9 Å². The SMILES string of the molecule is COc1cc(C(Cl)c2cc(C)c(Br)s2)c(OC)cc1Br. The summed E-state index contributed by atoms with van der Waals surface area (Å²) in [5.74, 6) is 1.47. The van der Waals surface area contributed by atoms with Crippen LogP contribution < -0.4 is 9.47 Å². The molecule has 1 heterocycles. The molecule has 0 bridgehead atoms. The van der Waals surface area contributed by atoms with Gasteiger partial charge in [-0.25, -0.2) is 0 Å². The predicted octanol–water partition coefficient (Wildman–Crippen LogP) is 5.93. The lowest BCUT2D eigenvalue weighted by Crippen LogP contribution is -1.98. The fourth-order valence-corrected chi connectivity index (χ4v) is 4.26. The van der Waals surface area contributed by atoms with Crippen molar-refractivity contribution in [3.8, 4) is 11.5 Å². The standard InChI is InChI=1S/C14H13Br2ClO2S/c1-7-4-12(20-14(7)16)13(17)8-5-11(19-3)9(15)6-10(8)18-2/h4-6,13H,1-3H3.